The van der Waals surface area contributed by atoms with Gasteiger partial charge in [0.15, 0.2) is 0 Å². The molecule has 2 aliphatic rings. The number of hydrogen-bond acceptors (Lipinski definition) is 4. The quantitative estimate of drug-likeness (QED) is 0.575. The van der Waals surface area contributed by atoms with Gasteiger partial charge in [-0.25, -0.2) is 5.48 Å². The van der Waals surface area contributed by atoms with E-state index in [9.17, 15) is 9.59 Å². The molecule has 2 rings (SSSR count). The average Bonchev–Trinajstić information content (AvgIpc) is 2.65. The number of carbonyl (C=O) groups excluding carboxylic acids is 2. The van der Waals surface area contributed by atoms with Crippen LogP contribution in [0.3, 0.4) is 0 Å². The standard InChI is InChI=1S/C10H17N3O3/c11-10(4-2-1-3-5-10)9(15)12-7-6-16-13-8(7)14/h7H,1-6,11H2,(H,12,15)(H,13,14)/t7-/m1/s1. The molecular formula is C10H17N3O3. The van der Waals surface area contributed by atoms with Gasteiger partial charge >= 0.3 is 0 Å². The molecule has 90 valence electrons. The van der Waals surface area contributed by atoms with Crippen LogP contribution in [-0.2, 0) is 14.4 Å². The number of hydroxylamine groups is 1. The Kier molecular flexibility index (Phi) is 3.11. The predicted molar refractivity (Wildman–Crippen MR) is 56.0 cm³/mol. The number of nitrogens with one attached hydrogen (secondary N) is 2. The first kappa shape index (κ1) is 11.3. The Morgan fingerprint density at radius 1 is 1.44 bits per heavy atom. The zero-order valence-electron chi connectivity index (χ0n) is 9.12. The molecule has 16 heavy (non-hydrogen) atoms. The van der Waals surface area contributed by atoms with Crippen LogP contribution in [0.5, 0.6) is 0 Å². The molecule has 0 spiro atoms. The lowest BCUT2D eigenvalue weighted by atomic mass is 9.82. The molecule has 6 heteroatoms. The molecule has 1 atom stereocenters. The van der Waals surface area contributed by atoms with Gasteiger partial charge in [0.1, 0.15) is 12.6 Å². The first-order valence-corrected chi connectivity index (χ1v) is 5.63. The second-order valence-corrected chi connectivity index (χ2v) is 4.52. The second kappa shape index (κ2) is 4.39. The van der Waals surface area contributed by atoms with Crippen molar-refractivity contribution in [3.05, 3.63) is 0 Å². The lowest BCUT2D eigenvalue weighted by molar-refractivity contribution is -0.132. The highest BCUT2D eigenvalue weighted by molar-refractivity contribution is 5.92. The molecule has 0 aromatic rings. The van der Waals surface area contributed by atoms with E-state index >= 15 is 0 Å². The summed E-state index contributed by atoms with van der Waals surface area (Å²) in [4.78, 5) is 27.9. The van der Waals surface area contributed by atoms with Gasteiger partial charge in [-0.15, -0.1) is 0 Å². The maximum Gasteiger partial charge on any atom is 0.268 e. The summed E-state index contributed by atoms with van der Waals surface area (Å²) >= 11 is 0. The summed E-state index contributed by atoms with van der Waals surface area (Å²) in [6, 6.07) is -0.602. The van der Waals surface area contributed by atoms with Crippen LogP contribution < -0.4 is 16.5 Å². The fourth-order valence-corrected chi connectivity index (χ4v) is 2.16. The molecule has 0 aromatic heterocycles. The van der Waals surface area contributed by atoms with Crippen molar-refractivity contribution in [2.24, 2.45) is 5.73 Å². The maximum absolute atomic E-state index is 11.9. The van der Waals surface area contributed by atoms with E-state index in [2.05, 4.69) is 10.8 Å². The molecule has 1 saturated heterocycles. The van der Waals surface area contributed by atoms with Gasteiger partial charge in [0.05, 0.1) is 5.54 Å². The van der Waals surface area contributed by atoms with Crippen LogP contribution in [0, 0.1) is 0 Å². The minimum absolute atomic E-state index is 0.167. The van der Waals surface area contributed by atoms with Gasteiger partial charge in [-0.2, -0.15) is 0 Å². The van der Waals surface area contributed by atoms with Crippen molar-refractivity contribution < 1.29 is 14.4 Å². The lowest BCUT2D eigenvalue weighted by Crippen LogP contribution is -2.58. The summed E-state index contributed by atoms with van der Waals surface area (Å²) in [5, 5.41) is 2.64. The van der Waals surface area contributed by atoms with Crippen LogP contribution in [0.15, 0.2) is 0 Å². The predicted octanol–water partition coefficient (Wildman–Crippen LogP) is -0.806. The number of nitrogens with two attached hydrogens (primary N) is 1. The Hall–Kier alpha value is -1.14. The number of rotatable bonds is 2. The molecule has 2 fully saturated rings. The zero-order chi connectivity index (χ0) is 11.6. The Labute approximate surface area is 93.8 Å². The van der Waals surface area contributed by atoms with E-state index in [-0.39, 0.29) is 18.4 Å². The molecule has 0 aromatic carbocycles. The van der Waals surface area contributed by atoms with Crippen molar-refractivity contribution in [3.63, 3.8) is 0 Å². The third kappa shape index (κ3) is 2.17. The SMILES string of the molecule is NC1(C(=O)N[C@@H]2CONC2=O)CCCCC1. The molecule has 0 bridgehead atoms. The Morgan fingerprint density at radius 3 is 2.69 bits per heavy atom. The average molecular weight is 227 g/mol. The molecule has 6 nitrogen and oxygen atoms in total. The summed E-state index contributed by atoms with van der Waals surface area (Å²) in [7, 11) is 0. The molecule has 1 heterocycles. The van der Waals surface area contributed by atoms with Crippen LogP contribution in [0.2, 0.25) is 0 Å². The summed E-state index contributed by atoms with van der Waals surface area (Å²) < 4.78 is 0. The van der Waals surface area contributed by atoms with Crippen molar-refractivity contribution in [2.75, 3.05) is 6.61 Å². The van der Waals surface area contributed by atoms with Crippen molar-refractivity contribution in [1.82, 2.24) is 10.8 Å². The van der Waals surface area contributed by atoms with Crippen LogP contribution in [0.1, 0.15) is 32.1 Å². The molecule has 1 aliphatic carbocycles. The zero-order valence-corrected chi connectivity index (χ0v) is 9.12. The summed E-state index contributed by atoms with van der Waals surface area (Å²) in [5.74, 6) is -0.550. The van der Waals surface area contributed by atoms with Crippen molar-refractivity contribution >= 4 is 11.8 Å². The van der Waals surface area contributed by atoms with Crippen LogP contribution in [-0.4, -0.2) is 30.0 Å². The summed E-state index contributed by atoms with van der Waals surface area (Å²) in [6.07, 6.45) is 4.44. The topological polar surface area (TPSA) is 93.5 Å². The largest absolute Gasteiger partial charge is 0.341 e. The van der Waals surface area contributed by atoms with E-state index in [0.717, 1.165) is 19.3 Å². The second-order valence-electron chi connectivity index (χ2n) is 4.52. The van der Waals surface area contributed by atoms with Gasteiger partial charge in [0, 0.05) is 0 Å². The van der Waals surface area contributed by atoms with Crippen molar-refractivity contribution in [2.45, 2.75) is 43.7 Å². The highest BCUT2D eigenvalue weighted by Crippen LogP contribution is 2.26. The Morgan fingerprint density at radius 2 is 2.12 bits per heavy atom. The fourth-order valence-electron chi connectivity index (χ4n) is 2.16. The van der Waals surface area contributed by atoms with Gasteiger partial charge in [0.25, 0.3) is 5.91 Å². The number of hydrogen-bond donors (Lipinski definition) is 3. The minimum atomic E-state index is -0.804. The van der Waals surface area contributed by atoms with Gasteiger partial charge in [-0.3, -0.25) is 14.4 Å². The molecule has 2 amide bonds. The maximum atomic E-state index is 11.9. The Balaban J connectivity index is 1.93. The van der Waals surface area contributed by atoms with E-state index in [0.29, 0.717) is 12.8 Å². The third-order valence-corrected chi connectivity index (χ3v) is 3.24. The van der Waals surface area contributed by atoms with Gasteiger partial charge in [0.2, 0.25) is 5.91 Å². The first-order chi connectivity index (χ1) is 7.62. The molecule has 1 saturated carbocycles. The molecule has 0 unspecified atom stereocenters. The van der Waals surface area contributed by atoms with Gasteiger partial charge < -0.3 is 11.1 Å². The monoisotopic (exact) mass is 227 g/mol. The van der Waals surface area contributed by atoms with Crippen molar-refractivity contribution in [3.8, 4) is 0 Å². The summed E-state index contributed by atoms with van der Waals surface area (Å²) in [6.45, 7) is 0.167. The molecule has 1 aliphatic heterocycles. The smallest absolute Gasteiger partial charge is 0.268 e. The lowest BCUT2D eigenvalue weighted by Gasteiger charge is -2.32. The highest BCUT2D eigenvalue weighted by Gasteiger charge is 2.38. The van der Waals surface area contributed by atoms with Gasteiger partial charge in [-0.1, -0.05) is 19.3 Å². The fraction of sp³-hybridized carbons (Fsp3) is 0.800. The van der Waals surface area contributed by atoms with Crippen LogP contribution in [0.4, 0.5) is 0 Å². The molecule has 4 N–H and O–H groups in total. The van der Waals surface area contributed by atoms with Crippen LogP contribution >= 0.6 is 0 Å². The highest BCUT2D eigenvalue weighted by atomic mass is 16.7. The van der Waals surface area contributed by atoms with E-state index in [4.69, 9.17) is 10.6 Å². The van der Waals surface area contributed by atoms with Crippen molar-refractivity contribution in [1.29, 1.82) is 0 Å². The minimum Gasteiger partial charge on any atom is -0.341 e. The van der Waals surface area contributed by atoms with E-state index in [1.165, 1.54) is 0 Å². The number of carbonyl (C=O) groups is 2. The van der Waals surface area contributed by atoms with Crippen LogP contribution in [0.25, 0.3) is 0 Å². The molecular weight excluding hydrogens is 210 g/mol. The first-order valence-electron chi connectivity index (χ1n) is 5.63. The normalized spacial score (nSPS) is 28.6. The van der Waals surface area contributed by atoms with Gasteiger partial charge in [-0.05, 0) is 12.8 Å². The summed E-state index contributed by atoms with van der Waals surface area (Å²) in [5.41, 5.74) is 7.43. The number of amides is 2. The molecule has 0 radical (unpaired) electrons. The Bertz CT molecular complexity index is 300. The third-order valence-electron chi connectivity index (χ3n) is 3.24. The van der Waals surface area contributed by atoms with E-state index in [1.807, 2.05) is 0 Å². The van der Waals surface area contributed by atoms with E-state index < -0.39 is 11.6 Å². The van der Waals surface area contributed by atoms with E-state index in [1.54, 1.807) is 0 Å².